The zero-order valence-electron chi connectivity index (χ0n) is 19.7. The van der Waals surface area contributed by atoms with Crippen molar-refractivity contribution < 1.29 is 18.7 Å². The summed E-state index contributed by atoms with van der Waals surface area (Å²) in [5, 5.41) is 8.02. The molecule has 0 aliphatic carbocycles. The Bertz CT molecular complexity index is 1360. The number of halogens is 1. The van der Waals surface area contributed by atoms with Crippen LogP contribution in [0.2, 0.25) is 0 Å². The number of pyridine rings is 1. The van der Waals surface area contributed by atoms with Crippen LogP contribution in [0.25, 0.3) is 0 Å². The number of hydrogen-bond donors (Lipinski definition) is 3. The number of benzene rings is 2. The first-order chi connectivity index (χ1) is 17.4. The van der Waals surface area contributed by atoms with Gasteiger partial charge in [0.25, 0.3) is 5.56 Å². The highest BCUT2D eigenvalue weighted by Gasteiger charge is 2.36. The van der Waals surface area contributed by atoms with Crippen LogP contribution in [0.1, 0.15) is 18.0 Å². The van der Waals surface area contributed by atoms with E-state index in [4.69, 9.17) is 4.74 Å². The van der Waals surface area contributed by atoms with E-state index in [0.29, 0.717) is 31.1 Å². The molecule has 0 saturated carbocycles. The topological polar surface area (TPSA) is 105 Å². The Morgan fingerprint density at radius 3 is 2.50 bits per heavy atom. The van der Waals surface area contributed by atoms with E-state index >= 15 is 0 Å². The summed E-state index contributed by atoms with van der Waals surface area (Å²) in [6.45, 7) is 1.48. The average molecular weight is 492 g/mol. The van der Waals surface area contributed by atoms with Crippen molar-refractivity contribution in [3.63, 3.8) is 0 Å². The Morgan fingerprint density at radius 1 is 0.944 bits per heavy atom. The van der Waals surface area contributed by atoms with Gasteiger partial charge in [0, 0.05) is 42.6 Å². The number of carbonyl (C=O) groups excluding carboxylic acids is 2. The first-order valence-corrected chi connectivity index (χ1v) is 11.7. The van der Waals surface area contributed by atoms with Gasteiger partial charge in [-0.1, -0.05) is 6.07 Å². The number of carbonyl (C=O) groups is 2. The number of piperidine rings is 1. The van der Waals surface area contributed by atoms with Crippen LogP contribution in [-0.4, -0.2) is 41.7 Å². The number of nitrogens with one attached hydrogen (secondary N) is 3. The number of fused-ring (bicyclic) bond motifs is 4. The molecule has 9 nitrogen and oxygen atoms in total. The van der Waals surface area contributed by atoms with Crippen LogP contribution in [0.4, 0.5) is 31.0 Å². The molecule has 1 aromatic heterocycles. The predicted octanol–water partition coefficient (Wildman–Crippen LogP) is 4.29. The van der Waals surface area contributed by atoms with Gasteiger partial charge in [-0.3, -0.25) is 4.79 Å². The standard InChI is InChI=1S/C26H26FN5O4/c1-36-21-7-5-19(6-8-21)29-26(35)31-13-16-11-17(15-31)23-10-9-22(24(33)32(23)14-16)30-25(34)28-20-4-2-3-18(27)12-20/h2-10,12,16-17H,11,13-15H2,1H3,(H,29,35)(H2,28,30,34)/t16-,17+/m0/s1. The maximum atomic E-state index is 13.4. The molecule has 3 heterocycles. The summed E-state index contributed by atoms with van der Waals surface area (Å²) in [4.78, 5) is 40.2. The Balaban J connectivity index is 1.27. The molecule has 2 aliphatic rings. The SMILES string of the molecule is COc1ccc(NC(=O)N2C[C@@H]3C[C@H](C2)c2ccc(NC(=O)Nc4cccc(F)c4)c(=O)n2C3)cc1. The zero-order chi connectivity index (χ0) is 25.2. The fourth-order valence-electron chi connectivity index (χ4n) is 4.93. The summed E-state index contributed by atoms with van der Waals surface area (Å²) < 4.78 is 20.2. The molecule has 36 heavy (non-hydrogen) atoms. The van der Waals surface area contributed by atoms with Crippen molar-refractivity contribution in [3.8, 4) is 5.75 Å². The molecule has 5 rings (SSSR count). The summed E-state index contributed by atoms with van der Waals surface area (Å²) >= 11 is 0. The Kier molecular flexibility index (Phi) is 6.32. The summed E-state index contributed by atoms with van der Waals surface area (Å²) in [6.07, 6.45) is 0.887. The lowest BCUT2D eigenvalue weighted by atomic mass is 9.83. The molecule has 0 spiro atoms. The van der Waals surface area contributed by atoms with Crippen LogP contribution in [0.3, 0.4) is 0 Å². The lowest BCUT2D eigenvalue weighted by Crippen LogP contribution is -2.50. The highest BCUT2D eigenvalue weighted by molar-refractivity contribution is 5.99. The fraction of sp³-hybridized carbons (Fsp3) is 0.269. The Hall–Kier alpha value is -4.34. The van der Waals surface area contributed by atoms with E-state index in [2.05, 4.69) is 16.0 Å². The van der Waals surface area contributed by atoms with Crippen LogP contribution in [0.15, 0.2) is 65.5 Å². The van der Waals surface area contributed by atoms with E-state index in [0.717, 1.165) is 12.1 Å². The number of amides is 4. The monoisotopic (exact) mass is 491 g/mol. The first-order valence-electron chi connectivity index (χ1n) is 11.7. The number of nitrogens with zero attached hydrogens (tertiary/aromatic N) is 2. The number of anilines is 3. The normalized spacial score (nSPS) is 18.1. The second kappa shape index (κ2) is 9.73. The number of aromatic nitrogens is 1. The van der Waals surface area contributed by atoms with Gasteiger partial charge >= 0.3 is 12.1 Å². The predicted molar refractivity (Wildman–Crippen MR) is 134 cm³/mol. The number of urea groups is 2. The molecule has 3 N–H and O–H groups in total. The molecule has 2 bridgehead atoms. The highest BCUT2D eigenvalue weighted by atomic mass is 19.1. The quantitative estimate of drug-likeness (QED) is 0.506. The minimum Gasteiger partial charge on any atom is -0.497 e. The molecule has 0 radical (unpaired) electrons. The summed E-state index contributed by atoms with van der Waals surface area (Å²) in [5.41, 5.74) is 1.65. The molecular weight excluding hydrogens is 465 g/mol. The van der Waals surface area contributed by atoms with Gasteiger partial charge in [-0.15, -0.1) is 0 Å². The number of rotatable bonds is 4. The van der Waals surface area contributed by atoms with Crippen LogP contribution in [0.5, 0.6) is 5.75 Å². The molecular formula is C26H26FN5O4. The van der Waals surface area contributed by atoms with Gasteiger partial charge in [0.15, 0.2) is 0 Å². The molecule has 10 heteroatoms. The minimum absolute atomic E-state index is 0.0157. The Labute approximate surface area is 206 Å². The summed E-state index contributed by atoms with van der Waals surface area (Å²) in [5.74, 6) is 0.372. The first kappa shape index (κ1) is 23.4. The molecule has 4 amide bonds. The summed E-state index contributed by atoms with van der Waals surface area (Å²) in [6, 6.07) is 15.2. The van der Waals surface area contributed by atoms with Crippen molar-refractivity contribution in [1.29, 1.82) is 0 Å². The van der Waals surface area contributed by atoms with E-state index in [9.17, 15) is 18.8 Å². The molecule has 0 unspecified atom stereocenters. The van der Waals surface area contributed by atoms with Crippen LogP contribution in [-0.2, 0) is 6.54 Å². The maximum Gasteiger partial charge on any atom is 0.323 e. The molecule has 2 aromatic carbocycles. The van der Waals surface area contributed by atoms with Gasteiger partial charge in [0.2, 0.25) is 0 Å². The van der Waals surface area contributed by atoms with Crippen molar-refractivity contribution in [2.75, 3.05) is 36.1 Å². The smallest absolute Gasteiger partial charge is 0.323 e. The van der Waals surface area contributed by atoms with Crippen molar-refractivity contribution in [2.24, 2.45) is 5.92 Å². The molecule has 2 aliphatic heterocycles. The van der Waals surface area contributed by atoms with Gasteiger partial charge in [0.1, 0.15) is 17.3 Å². The van der Waals surface area contributed by atoms with Crippen LogP contribution >= 0.6 is 0 Å². The van der Waals surface area contributed by atoms with Crippen molar-refractivity contribution >= 4 is 29.1 Å². The van der Waals surface area contributed by atoms with Gasteiger partial charge in [-0.05, 0) is 66.9 Å². The lowest BCUT2D eigenvalue weighted by Gasteiger charge is -2.42. The van der Waals surface area contributed by atoms with Gasteiger partial charge in [-0.2, -0.15) is 0 Å². The third kappa shape index (κ3) is 4.88. The average Bonchev–Trinajstić information content (AvgIpc) is 2.86. The van der Waals surface area contributed by atoms with Crippen LogP contribution < -0.4 is 26.2 Å². The number of ether oxygens (including phenoxy) is 1. The van der Waals surface area contributed by atoms with Crippen molar-refractivity contribution in [1.82, 2.24) is 9.47 Å². The minimum atomic E-state index is -0.629. The largest absolute Gasteiger partial charge is 0.497 e. The van der Waals surface area contributed by atoms with Crippen molar-refractivity contribution in [3.05, 3.63) is 82.5 Å². The zero-order valence-corrected chi connectivity index (χ0v) is 19.7. The number of methoxy groups -OCH3 is 1. The van der Waals surface area contributed by atoms with E-state index < -0.39 is 11.8 Å². The number of hydrogen-bond acceptors (Lipinski definition) is 4. The molecule has 3 aromatic rings. The maximum absolute atomic E-state index is 13.4. The Morgan fingerprint density at radius 2 is 1.75 bits per heavy atom. The fourth-order valence-corrected chi connectivity index (χ4v) is 4.93. The van der Waals surface area contributed by atoms with E-state index in [1.807, 2.05) is 6.07 Å². The van der Waals surface area contributed by atoms with Crippen molar-refractivity contribution in [2.45, 2.75) is 18.9 Å². The third-order valence-corrected chi connectivity index (χ3v) is 6.56. The van der Waals surface area contributed by atoms with Gasteiger partial charge in [-0.25, -0.2) is 14.0 Å². The lowest BCUT2D eigenvalue weighted by molar-refractivity contribution is 0.139. The van der Waals surface area contributed by atoms with Gasteiger partial charge in [0.05, 0.1) is 7.11 Å². The second-order valence-corrected chi connectivity index (χ2v) is 9.04. The third-order valence-electron chi connectivity index (χ3n) is 6.56. The van der Waals surface area contributed by atoms with Crippen LogP contribution in [0, 0.1) is 11.7 Å². The van der Waals surface area contributed by atoms with E-state index in [1.165, 1.54) is 18.2 Å². The molecule has 186 valence electrons. The highest BCUT2D eigenvalue weighted by Crippen LogP contribution is 2.35. The molecule has 1 fully saturated rings. The van der Waals surface area contributed by atoms with Gasteiger partial charge < -0.3 is 30.2 Å². The molecule has 2 atom stereocenters. The second-order valence-electron chi connectivity index (χ2n) is 9.04. The van der Waals surface area contributed by atoms with E-state index in [-0.39, 0.29) is 34.8 Å². The molecule has 1 saturated heterocycles. The summed E-state index contributed by atoms with van der Waals surface area (Å²) in [7, 11) is 1.59. The number of likely N-dealkylation sites (tertiary alicyclic amines) is 1. The van der Waals surface area contributed by atoms with E-state index in [1.54, 1.807) is 53.0 Å².